The van der Waals surface area contributed by atoms with Crippen molar-refractivity contribution in [3.8, 4) is 0 Å². The summed E-state index contributed by atoms with van der Waals surface area (Å²) in [7, 11) is 1.30. The fourth-order valence-corrected chi connectivity index (χ4v) is 3.39. The molecule has 0 amide bonds. The van der Waals surface area contributed by atoms with E-state index in [1.165, 1.54) is 18.9 Å². The van der Waals surface area contributed by atoms with Crippen molar-refractivity contribution in [3.05, 3.63) is 33.4 Å². The molecular weight excluding hydrogens is 315 g/mol. The third-order valence-corrected chi connectivity index (χ3v) is 4.48. The van der Waals surface area contributed by atoms with Gasteiger partial charge in [-0.25, -0.2) is 14.8 Å². The second-order valence-corrected chi connectivity index (χ2v) is 6.07. The first-order chi connectivity index (χ1) is 8.60. The van der Waals surface area contributed by atoms with Crippen molar-refractivity contribution >= 4 is 52.3 Å². The normalized spacial score (nSPS) is 10.4. The number of pyridine rings is 1. The molecule has 0 saturated heterocycles. The number of ether oxygens (including phenoxy) is 1. The summed E-state index contributed by atoms with van der Waals surface area (Å²) in [5.41, 5.74) is 0. The summed E-state index contributed by atoms with van der Waals surface area (Å²) in [5, 5.41) is 1.43. The summed E-state index contributed by atoms with van der Waals surface area (Å²) >= 11 is 14.1. The first-order valence-electron chi connectivity index (χ1n) is 4.64. The van der Waals surface area contributed by atoms with E-state index in [2.05, 4.69) is 14.7 Å². The molecule has 2 aromatic rings. The molecule has 0 saturated carbocycles. The van der Waals surface area contributed by atoms with Crippen LogP contribution in [0.2, 0.25) is 10.2 Å². The number of carbonyl (C=O) groups excluding carboxylic acids is 1. The molecule has 0 aliphatic carbocycles. The van der Waals surface area contributed by atoms with Gasteiger partial charge in [0.25, 0.3) is 0 Å². The van der Waals surface area contributed by atoms with Gasteiger partial charge < -0.3 is 4.74 Å². The van der Waals surface area contributed by atoms with Crippen molar-refractivity contribution in [1.82, 2.24) is 9.97 Å². The van der Waals surface area contributed by atoms with Crippen LogP contribution in [0.1, 0.15) is 9.67 Å². The van der Waals surface area contributed by atoms with E-state index in [0.29, 0.717) is 9.36 Å². The van der Waals surface area contributed by atoms with Crippen LogP contribution in [-0.4, -0.2) is 23.0 Å². The minimum absolute atomic E-state index is 0.142. The van der Waals surface area contributed by atoms with Crippen LogP contribution in [0.25, 0.3) is 0 Å². The Hall–Kier alpha value is -0.820. The summed E-state index contributed by atoms with van der Waals surface area (Å²) in [6.45, 7) is 0. The number of halogens is 2. The van der Waals surface area contributed by atoms with Crippen LogP contribution in [0.3, 0.4) is 0 Å². The molecule has 0 aliphatic heterocycles. The molecular formula is C10H6Cl2N2O2S2. The molecule has 0 aliphatic rings. The molecule has 94 valence electrons. The maximum Gasteiger partial charge on any atom is 0.351 e. The summed E-state index contributed by atoms with van der Waals surface area (Å²) in [6.07, 6.45) is 1.54. The number of thiazole rings is 1. The third kappa shape index (κ3) is 3.14. The Bertz CT molecular complexity index is 572. The Morgan fingerprint density at radius 3 is 2.83 bits per heavy atom. The maximum atomic E-state index is 11.4. The van der Waals surface area contributed by atoms with Gasteiger partial charge in [0.1, 0.15) is 5.03 Å². The van der Waals surface area contributed by atoms with Gasteiger partial charge in [-0.1, -0.05) is 34.5 Å². The Kier molecular flexibility index (Phi) is 4.45. The van der Waals surface area contributed by atoms with Gasteiger partial charge in [0.15, 0.2) is 14.4 Å². The van der Waals surface area contributed by atoms with Gasteiger partial charge in [0.05, 0.1) is 12.1 Å². The summed E-state index contributed by atoms with van der Waals surface area (Å²) in [4.78, 5) is 19.8. The molecule has 8 heteroatoms. The quantitative estimate of drug-likeness (QED) is 0.805. The smallest absolute Gasteiger partial charge is 0.351 e. The molecule has 0 N–H and O–H groups in total. The van der Waals surface area contributed by atoms with Gasteiger partial charge >= 0.3 is 5.97 Å². The zero-order chi connectivity index (χ0) is 13.1. The number of aromatic nitrogens is 2. The van der Waals surface area contributed by atoms with Crippen LogP contribution in [-0.2, 0) is 4.74 Å². The van der Waals surface area contributed by atoms with E-state index < -0.39 is 5.97 Å². The van der Waals surface area contributed by atoms with Crippen LogP contribution in [0.5, 0.6) is 0 Å². The number of nitrogens with zero attached hydrogens (tertiary/aromatic N) is 2. The monoisotopic (exact) mass is 320 g/mol. The Labute approximate surface area is 121 Å². The minimum Gasteiger partial charge on any atom is -0.465 e. The fraction of sp³-hybridized carbons (Fsp3) is 0.100. The van der Waals surface area contributed by atoms with Crippen LogP contribution < -0.4 is 0 Å². The van der Waals surface area contributed by atoms with Crippen LogP contribution in [0.4, 0.5) is 0 Å². The zero-order valence-electron chi connectivity index (χ0n) is 9.02. The number of hydrogen-bond donors (Lipinski definition) is 0. The largest absolute Gasteiger partial charge is 0.465 e. The summed E-state index contributed by atoms with van der Waals surface area (Å²) in [6, 6.07) is 3.49. The van der Waals surface area contributed by atoms with Gasteiger partial charge in [-0.15, -0.1) is 0 Å². The SMILES string of the molecule is COC(=O)c1sc(Sc2ccc(Cl)cn2)nc1Cl. The lowest BCUT2D eigenvalue weighted by molar-refractivity contribution is 0.0606. The Morgan fingerprint density at radius 2 is 2.22 bits per heavy atom. The summed E-state index contributed by atoms with van der Waals surface area (Å²) in [5.74, 6) is -0.492. The third-order valence-electron chi connectivity index (χ3n) is 1.83. The lowest BCUT2D eigenvalue weighted by Gasteiger charge is -1.95. The van der Waals surface area contributed by atoms with Gasteiger partial charge in [-0.3, -0.25) is 0 Å². The molecule has 0 spiro atoms. The molecule has 0 unspecified atom stereocenters. The molecule has 2 heterocycles. The van der Waals surface area contributed by atoms with Crippen LogP contribution in [0, 0.1) is 0 Å². The predicted molar refractivity (Wildman–Crippen MR) is 71.8 cm³/mol. The van der Waals surface area contributed by atoms with Crippen molar-refractivity contribution in [3.63, 3.8) is 0 Å². The van der Waals surface area contributed by atoms with Crippen molar-refractivity contribution in [2.75, 3.05) is 7.11 Å². The molecule has 2 rings (SSSR count). The minimum atomic E-state index is -0.492. The number of esters is 1. The van der Waals surface area contributed by atoms with Crippen LogP contribution in [0.15, 0.2) is 27.7 Å². The summed E-state index contributed by atoms with van der Waals surface area (Å²) < 4.78 is 5.22. The number of rotatable bonds is 3. The highest BCUT2D eigenvalue weighted by molar-refractivity contribution is 8.01. The molecule has 0 bridgehead atoms. The van der Waals surface area contributed by atoms with Gasteiger partial charge in [0, 0.05) is 6.20 Å². The fourth-order valence-electron chi connectivity index (χ4n) is 1.06. The number of hydrogen-bond acceptors (Lipinski definition) is 6. The highest BCUT2D eigenvalue weighted by Gasteiger charge is 2.18. The number of carbonyl (C=O) groups is 1. The van der Waals surface area contributed by atoms with Crippen molar-refractivity contribution in [2.24, 2.45) is 0 Å². The second-order valence-electron chi connectivity index (χ2n) is 3.01. The zero-order valence-corrected chi connectivity index (χ0v) is 12.2. The predicted octanol–water partition coefficient (Wildman–Crippen LogP) is 3.78. The van der Waals surface area contributed by atoms with Crippen LogP contribution >= 0.6 is 46.3 Å². The molecule has 0 radical (unpaired) electrons. The van der Waals surface area contributed by atoms with E-state index in [4.69, 9.17) is 23.2 Å². The average Bonchev–Trinajstić information content (AvgIpc) is 2.72. The topological polar surface area (TPSA) is 52.1 Å². The van der Waals surface area contributed by atoms with E-state index in [0.717, 1.165) is 16.4 Å². The van der Waals surface area contributed by atoms with Crippen molar-refractivity contribution in [1.29, 1.82) is 0 Å². The standard InChI is InChI=1S/C10H6Cl2N2O2S2/c1-16-9(15)7-8(12)14-10(18-7)17-6-3-2-5(11)4-13-6/h2-4H,1H3. The van der Waals surface area contributed by atoms with E-state index >= 15 is 0 Å². The van der Waals surface area contributed by atoms with Crippen molar-refractivity contribution in [2.45, 2.75) is 9.37 Å². The average molecular weight is 321 g/mol. The first kappa shape index (κ1) is 13.6. The molecule has 4 nitrogen and oxygen atoms in total. The molecule has 0 aromatic carbocycles. The highest BCUT2D eigenvalue weighted by atomic mass is 35.5. The van der Waals surface area contributed by atoms with E-state index in [-0.39, 0.29) is 10.0 Å². The van der Waals surface area contributed by atoms with Gasteiger partial charge in [0.2, 0.25) is 0 Å². The number of methoxy groups -OCH3 is 1. The van der Waals surface area contributed by atoms with E-state index in [1.807, 2.05) is 0 Å². The lowest BCUT2D eigenvalue weighted by atomic mass is 10.5. The second kappa shape index (κ2) is 5.88. The van der Waals surface area contributed by atoms with Gasteiger partial charge in [-0.2, -0.15) is 0 Å². The van der Waals surface area contributed by atoms with E-state index in [1.54, 1.807) is 18.3 Å². The maximum absolute atomic E-state index is 11.4. The highest BCUT2D eigenvalue weighted by Crippen LogP contribution is 2.34. The first-order valence-corrected chi connectivity index (χ1v) is 7.03. The molecule has 18 heavy (non-hydrogen) atoms. The lowest BCUT2D eigenvalue weighted by Crippen LogP contribution is -1.98. The van der Waals surface area contributed by atoms with Gasteiger partial charge in [-0.05, 0) is 23.9 Å². The molecule has 2 aromatic heterocycles. The Morgan fingerprint density at radius 1 is 1.44 bits per heavy atom. The van der Waals surface area contributed by atoms with Crippen molar-refractivity contribution < 1.29 is 9.53 Å². The van der Waals surface area contributed by atoms with E-state index in [9.17, 15) is 4.79 Å². The molecule has 0 fully saturated rings. The molecule has 0 atom stereocenters. The Balaban J connectivity index is 2.20.